The lowest BCUT2D eigenvalue weighted by Gasteiger charge is -2.23. The first kappa shape index (κ1) is 21.3. The van der Waals surface area contributed by atoms with Crippen LogP contribution in [0.5, 0.6) is 0 Å². The van der Waals surface area contributed by atoms with Gasteiger partial charge in [-0.25, -0.2) is 4.79 Å². The molecule has 0 aromatic heterocycles. The number of aliphatic hydroxyl groups is 1. The largest absolute Gasteiger partial charge is 0.480 e. The Hall–Kier alpha value is -2.73. The number of carboxylic acids is 1. The zero-order valence-electron chi connectivity index (χ0n) is 12.9. The Morgan fingerprint density at radius 1 is 0.958 bits per heavy atom. The van der Waals surface area contributed by atoms with Gasteiger partial charge < -0.3 is 38.0 Å². The highest BCUT2D eigenvalue weighted by Gasteiger charge is 2.31. The zero-order valence-corrected chi connectivity index (χ0v) is 12.9. The Kier molecular flexibility index (Phi) is 8.35. The zero-order chi connectivity index (χ0) is 19.0. The molecule has 0 saturated heterocycles. The van der Waals surface area contributed by atoms with Crippen LogP contribution in [0.15, 0.2) is 0 Å². The molecule has 0 spiro atoms. The highest BCUT2D eigenvalue weighted by molar-refractivity contribution is 5.95. The standard InChI is InChI=1S/C12H21N5O7/c1-4(18)9(12(23)24)17-11(22)6(3-8(15)20)16-10(21)5(13)2-7(14)19/h4-6,9,18H,2-3,13H2,1H3,(H2,14,19)(H2,15,20)(H,16,21)(H,17,22)(H,23,24)/t4-,5+,6+,9+/m1/s1. The second kappa shape index (κ2) is 9.42. The van der Waals surface area contributed by atoms with Gasteiger partial charge in [0.25, 0.3) is 0 Å². The lowest BCUT2D eigenvalue weighted by atomic mass is 10.1. The second-order valence-electron chi connectivity index (χ2n) is 5.07. The fourth-order valence-corrected chi connectivity index (χ4v) is 1.64. The van der Waals surface area contributed by atoms with Gasteiger partial charge in [-0.3, -0.25) is 19.2 Å². The van der Waals surface area contributed by atoms with Gasteiger partial charge in [-0.2, -0.15) is 0 Å². The maximum Gasteiger partial charge on any atom is 0.328 e. The first-order valence-electron chi connectivity index (χ1n) is 6.79. The Morgan fingerprint density at radius 2 is 1.46 bits per heavy atom. The molecule has 0 heterocycles. The van der Waals surface area contributed by atoms with E-state index in [9.17, 15) is 29.1 Å². The number of nitrogens with two attached hydrogens (primary N) is 3. The smallest absolute Gasteiger partial charge is 0.328 e. The number of carboxylic acid groups (broad SMARTS) is 1. The van der Waals surface area contributed by atoms with E-state index in [0.717, 1.165) is 6.92 Å². The molecule has 12 nitrogen and oxygen atoms in total. The van der Waals surface area contributed by atoms with Crippen LogP contribution in [0, 0.1) is 0 Å². The van der Waals surface area contributed by atoms with Crippen molar-refractivity contribution in [3.63, 3.8) is 0 Å². The van der Waals surface area contributed by atoms with Crippen molar-refractivity contribution in [3.8, 4) is 0 Å². The first-order valence-corrected chi connectivity index (χ1v) is 6.79. The summed E-state index contributed by atoms with van der Waals surface area (Å²) in [6.45, 7) is 1.13. The lowest BCUT2D eigenvalue weighted by Crippen LogP contribution is -2.57. The molecule has 24 heavy (non-hydrogen) atoms. The Bertz CT molecular complexity index is 522. The number of nitrogens with one attached hydrogen (secondary N) is 2. The van der Waals surface area contributed by atoms with Crippen LogP contribution in [0.1, 0.15) is 19.8 Å². The van der Waals surface area contributed by atoms with Gasteiger partial charge in [-0.05, 0) is 6.92 Å². The Morgan fingerprint density at radius 3 is 1.83 bits per heavy atom. The molecule has 10 N–H and O–H groups in total. The molecule has 0 aliphatic carbocycles. The van der Waals surface area contributed by atoms with Crippen LogP contribution in [-0.2, 0) is 24.0 Å². The summed E-state index contributed by atoms with van der Waals surface area (Å²) in [4.78, 5) is 56.5. The summed E-state index contributed by atoms with van der Waals surface area (Å²) < 4.78 is 0. The van der Waals surface area contributed by atoms with Crippen molar-refractivity contribution in [2.24, 2.45) is 17.2 Å². The van der Waals surface area contributed by atoms with Crippen LogP contribution >= 0.6 is 0 Å². The van der Waals surface area contributed by atoms with Crippen LogP contribution in [0.2, 0.25) is 0 Å². The molecule has 0 aromatic carbocycles. The van der Waals surface area contributed by atoms with Crippen molar-refractivity contribution in [1.82, 2.24) is 10.6 Å². The van der Waals surface area contributed by atoms with Crippen molar-refractivity contribution in [2.75, 3.05) is 0 Å². The quantitative estimate of drug-likeness (QED) is 0.203. The third-order valence-electron chi connectivity index (χ3n) is 2.84. The fourth-order valence-electron chi connectivity index (χ4n) is 1.64. The molecule has 0 aliphatic heterocycles. The molecule has 136 valence electrons. The number of hydrogen-bond donors (Lipinski definition) is 7. The van der Waals surface area contributed by atoms with Crippen LogP contribution in [-0.4, -0.2) is 64.0 Å². The summed E-state index contributed by atoms with van der Waals surface area (Å²) in [5.41, 5.74) is 15.3. The van der Waals surface area contributed by atoms with Crippen molar-refractivity contribution in [3.05, 3.63) is 0 Å². The summed E-state index contributed by atoms with van der Waals surface area (Å²) in [7, 11) is 0. The maximum absolute atomic E-state index is 12.0. The van der Waals surface area contributed by atoms with Crippen molar-refractivity contribution in [1.29, 1.82) is 0 Å². The maximum atomic E-state index is 12.0. The number of primary amides is 2. The highest BCUT2D eigenvalue weighted by Crippen LogP contribution is 1.99. The summed E-state index contributed by atoms with van der Waals surface area (Å²) in [6.07, 6.45) is -2.58. The number of aliphatic carboxylic acids is 1. The Balaban J connectivity index is 5.08. The van der Waals surface area contributed by atoms with Crippen molar-refractivity contribution in [2.45, 2.75) is 44.0 Å². The summed E-state index contributed by atoms with van der Waals surface area (Å²) in [5.74, 6) is -5.36. The molecule has 0 unspecified atom stereocenters. The van der Waals surface area contributed by atoms with E-state index in [4.69, 9.17) is 22.3 Å². The molecule has 0 bridgehead atoms. The van der Waals surface area contributed by atoms with E-state index < -0.39 is 66.7 Å². The van der Waals surface area contributed by atoms with E-state index in [1.54, 1.807) is 0 Å². The van der Waals surface area contributed by atoms with Crippen LogP contribution in [0.4, 0.5) is 0 Å². The Labute approximate surface area is 136 Å². The molecule has 4 atom stereocenters. The number of aliphatic hydroxyl groups excluding tert-OH is 1. The molecule has 12 heteroatoms. The molecular formula is C12H21N5O7. The van der Waals surface area contributed by atoms with Crippen molar-refractivity contribution < 1.29 is 34.2 Å². The highest BCUT2D eigenvalue weighted by atomic mass is 16.4. The van der Waals surface area contributed by atoms with E-state index in [0.29, 0.717) is 0 Å². The number of carbonyl (C=O) groups excluding carboxylic acids is 4. The van der Waals surface area contributed by atoms with Crippen LogP contribution < -0.4 is 27.8 Å². The SMILES string of the molecule is C[C@@H](O)[C@H](NC(=O)[C@H](CC(N)=O)NC(=O)[C@@H](N)CC(N)=O)C(=O)O. The molecule has 0 radical (unpaired) electrons. The van der Waals surface area contributed by atoms with Gasteiger partial charge in [-0.15, -0.1) is 0 Å². The minimum atomic E-state index is -1.66. The summed E-state index contributed by atoms with van der Waals surface area (Å²) in [5, 5.41) is 22.3. The summed E-state index contributed by atoms with van der Waals surface area (Å²) in [6, 6.07) is -4.56. The predicted octanol–water partition coefficient (Wildman–Crippen LogP) is -4.50. The minimum Gasteiger partial charge on any atom is -0.480 e. The lowest BCUT2D eigenvalue weighted by molar-refractivity contribution is -0.145. The average Bonchev–Trinajstić information content (AvgIpc) is 2.41. The van der Waals surface area contributed by atoms with Gasteiger partial charge in [-0.1, -0.05) is 0 Å². The molecular weight excluding hydrogens is 326 g/mol. The predicted molar refractivity (Wildman–Crippen MR) is 78.8 cm³/mol. The van der Waals surface area contributed by atoms with Crippen LogP contribution in [0.3, 0.4) is 0 Å². The fraction of sp³-hybridized carbons (Fsp3) is 0.583. The summed E-state index contributed by atoms with van der Waals surface area (Å²) >= 11 is 0. The number of amides is 4. The van der Waals surface area contributed by atoms with E-state index in [2.05, 4.69) is 5.32 Å². The topological polar surface area (TPSA) is 228 Å². The van der Waals surface area contributed by atoms with E-state index in [-0.39, 0.29) is 0 Å². The number of carbonyl (C=O) groups is 5. The second-order valence-corrected chi connectivity index (χ2v) is 5.07. The molecule has 0 rings (SSSR count). The van der Waals surface area contributed by atoms with Gasteiger partial charge in [0.05, 0.1) is 25.0 Å². The van der Waals surface area contributed by atoms with E-state index >= 15 is 0 Å². The molecule has 4 amide bonds. The minimum absolute atomic E-state index is 0.498. The molecule has 0 aliphatic rings. The molecule has 0 aromatic rings. The molecule has 0 fully saturated rings. The first-order chi connectivity index (χ1) is 11.0. The van der Waals surface area contributed by atoms with Crippen LogP contribution in [0.25, 0.3) is 0 Å². The van der Waals surface area contributed by atoms with E-state index in [1.807, 2.05) is 5.32 Å². The monoisotopic (exact) mass is 347 g/mol. The number of rotatable bonds is 10. The van der Waals surface area contributed by atoms with E-state index in [1.165, 1.54) is 0 Å². The third-order valence-corrected chi connectivity index (χ3v) is 2.84. The number of hydrogen-bond acceptors (Lipinski definition) is 7. The van der Waals surface area contributed by atoms with Gasteiger partial charge in [0, 0.05) is 0 Å². The average molecular weight is 347 g/mol. The molecule has 0 saturated carbocycles. The normalized spacial score (nSPS) is 15.5. The van der Waals surface area contributed by atoms with Gasteiger partial charge >= 0.3 is 5.97 Å². The third kappa shape index (κ3) is 7.51. The van der Waals surface area contributed by atoms with Gasteiger partial charge in [0.15, 0.2) is 6.04 Å². The van der Waals surface area contributed by atoms with Gasteiger partial charge in [0.1, 0.15) is 6.04 Å². The van der Waals surface area contributed by atoms with Gasteiger partial charge in [0.2, 0.25) is 23.6 Å². The van der Waals surface area contributed by atoms with Crippen molar-refractivity contribution >= 4 is 29.6 Å².